The molecule has 2 rings (SSSR count). The summed E-state index contributed by atoms with van der Waals surface area (Å²) in [7, 11) is 0.553. The molecule has 0 spiro atoms. The summed E-state index contributed by atoms with van der Waals surface area (Å²) < 4.78 is 44.0. The Bertz CT molecular complexity index is 622. The number of piperidine rings is 1. The minimum absolute atomic E-state index is 0.00511. The standard InChI is InChI=1S/C15H24N2O5S/c1-10-7-11(5-6-16-10)17-23(18,19)15-13(21-3)8-12(20-2)9-14(15)22-4/h8-11,16-17H,5-7H2,1-4H3/t10-,11-/m0/s1. The average Bonchev–Trinajstić information content (AvgIpc) is 2.52. The molecule has 1 aliphatic heterocycles. The van der Waals surface area contributed by atoms with E-state index in [9.17, 15) is 8.42 Å². The van der Waals surface area contributed by atoms with Gasteiger partial charge in [-0.25, -0.2) is 13.1 Å². The number of sulfonamides is 1. The van der Waals surface area contributed by atoms with Gasteiger partial charge in [-0.3, -0.25) is 0 Å². The first-order chi connectivity index (χ1) is 10.9. The zero-order chi connectivity index (χ0) is 17.0. The van der Waals surface area contributed by atoms with Gasteiger partial charge in [0.15, 0.2) is 4.90 Å². The third kappa shape index (κ3) is 4.07. The monoisotopic (exact) mass is 344 g/mol. The van der Waals surface area contributed by atoms with E-state index in [0.717, 1.165) is 19.4 Å². The summed E-state index contributed by atoms with van der Waals surface area (Å²) in [5.74, 6) is 0.847. The summed E-state index contributed by atoms with van der Waals surface area (Å²) >= 11 is 0. The first kappa shape index (κ1) is 17.8. The predicted molar refractivity (Wildman–Crippen MR) is 86.9 cm³/mol. The van der Waals surface area contributed by atoms with Crippen LogP contribution in [0.1, 0.15) is 19.8 Å². The number of methoxy groups -OCH3 is 3. The number of hydrogen-bond acceptors (Lipinski definition) is 6. The lowest BCUT2D eigenvalue weighted by molar-refractivity contribution is 0.351. The van der Waals surface area contributed by atoms with E-state index in [1.165, 1.54) is 33.5 Å². The first-order valence-corrected chi connectivity index (χ1v) is 8.95. The van der Waals surface area contributed by atoms with E-state index >= 15 is 0 Å². The first-order valence-electron chi connectivity index (χ1n) is 7.47. The van der Waals surface area contributed by atoms with Crippen molar-refractivity contribution in [2.24, 2.45) is 0 Å². The fourth-order valence-electron chi connectivity index (χ4n) is 2.76. The summed E-state index contributed by atoms with van der Waals surface area (Å²) in [5, 5.41) is 3.30. The molecule has 7 nitrogen and oxygen atoms in total. The molecule has 8 heteroatoms. The van der Waals surface area contributed by atoms with E-state index in [1.807, 2.05) is 6.92 Å². The molecule has 1 heterocycles. The van der Waals surface area contributed by atoms with Gasteiger partial charge in [-0.15, -0.1) is 0 Å². The lowest BCUT2D eigenvalue weighted by Gasteiger charge is -2.28. The van der Waals surface area contributed by atoms with Crippen LogP contribution in [0.4, 0.5) is 0 Å². The van der Waals surface area contributed by atoms with Crippen LogP contribution in [0.3, 0.4) is 0 Å². The molecule has 23 heavy (non-hydrogen) atoms. The summed E-state index contributed by atoms with van der Waals surface area (Å²) in [5.41, 5.74) is 0. The highest BCUT2D eigenvalue weighted by atomic mass is 32.2. The van der Waals surface area contributed by atoms with Crippen LogP contribution in [0, 0.1) is 0 Å². The van der Waals surface area contributed by atoms with Crippen LogP contribution in [-0.4, -0.2) is 48.4 Å². The van der Waals surface area contributed by atoms with Crippen molar-refractivity contribution >= 4 is 10.0 Å². The number of nitrogens with one attached hydrogen (secondary N) is 2. The second kappa shape index (κ2) is 7.37. The normalized spacial score (nSPS) is 21.7. The van der Waals surface area contributed by atoms with Crippen molar-refractivity contribution in [1.29, 1.82) is 0 Å². The molecule has 0 bridgehead atoms. The molecule has 2 atom stereocenters. The maximum Gasteiger partial charge on any atom is 0.248 e. The van der Waals surface area contributed by atoms with Crippen LogP contribution in [-0.2, 0) is 10.0 Å². The Labute approximate surface area is 137 Å². The van der Waals surface area contributed by atoms with Gasteiger partial charge >= 0.3 is 0 Å². The number of hydrogen-bond donors (Lipinski definition) is 2. The summed E-state index contributed by atoms with van der Waals surface area (Å²) in [4.78, 5) is -0.00511. The third-order valence-corrected chi connectivity index (χ3v) is 5.47. The van der Waals surface area contributed by atoms with Crippen LogP contribution in [0.25, 0.3) is 0 Å². The Morgan fingerprint density at radius 1 is 1.13 bits per heavy atom. The van der Waals surface area contributed by atoms with Crippen molar-refractivity contribution in [3.8, 4) is 17.2 Å². The molecule has 1 aromatic rings. The van der Waals surface area contributed by atoms with Crippen molar-refractivity contribution in [3.63, 3.8) is 0 Å². The van der Waals surface area contributed by atoms with Gasteiger partial charge in [-0.1, -0.05) is 0 Å². The molecule has 0 amide bonds. The van der Waals surface area contributed by atoms with Crippen LogP contribution in [0.5, 0.6) is 17.2 Å². The van der Waals surface area contributed by atoms with Crippen molar-refractivity contribution in [2.45, 2.75) is 36.7 Å². The molecule has 1 fully saturated rings. The smallest absolute Gasteiger partial charge is 0.248 e. The Kier molecular flexibility index (Phi) is 5.72. The highest BCUT2D eigenvalue weighted by Gasteiger charge is 2.30. The molecule has 1 aromatic carbocycles. The van der Waals surface area contributed by atoms with Gasteiger partial charge in [-0.2, -0.15) is 0 Å². The molecule has 0 aromatic heterocycles. The zero-order valence-electron chi connectivity index (χ0n) is 13.9. The van der Waals surface area contributed by atoms with Crippen molar-refractivity contribution in [2.75, 3.05) is 27.9 Å². The lowest BCUT2D eigenvalue weighted by Crippen LogP contribution is -2.46. The van der Waals surface area contributed by atoms with Gasteiger partial charge in [0.05, 0.1) is 21.3 Å². The molecule has 0 unspecified atom stereocenters. The minimum Gasteiger partial charge on any atom is -0.496 e. The van der Waals surface area contributed by atoms with Crippen LogP contribution >= 0.6 is 0 Å². The summed E-state index contributed by atoms with van der Waals surface area (Å²) in [6.45, 7) is 2.82. The third-order valence-electron chi connectivity index (χ3n) is 3.88. The van der Waals surface area contributed by atoms with Gasteiger partial charge in [0.25, 0.3) is 0 Å². The second-order valence-corrected chi connectivity index (χ2v) is 7.21. The van der Waals surface area contributed by atoms with Crippen LogP contribution < -0.4 is 24.2 Å². The second-order valence-electron chi connectivity index (χ2n) is 5.56. The maximum atomic E-state index is 12.8. The van der Waals surface area contributed by atoms with E-state index < -0.39 is 10.0 Å². The average molecular weight is 344 g/mol. The molecule has 1 saturated heterocycles. The van der Waals surface area contributed by atoms with Gasteiger partial charge in [0, 0.05) is 24.2 Å². The number of benzene rings is 1. The fourth-order valence-corrected chi connectivity index (χ4v) is 4.34. The molecule has 2 N–H and O–H groups in total. The van der Waals surface area contributed by atoms with Crippen LogP contribution in [0.15, 0.2) is 17.0 Å². The molecular weight excluding hydrogens is 320 g/mol. The Morgan fingerprint density at radius 3 is 2.22 bits per heavy atom. The Balaban J connectivity index is 2.38. The molecule has 130 valence electrons. The molecule has 0 radical (unpaired) electrons. The van der Waals surface area contributed by atoms with E-state index in [0.29, 0.717) is 5.75 Å². The highest BCUT2D eigenvalue weighted by molar-refractivity contribution is 7.89. The number of rotatable bonds is 6. The topological polar surface area (TPSA) is 85.9 Å². The SMILES string of the molecule is COc1cc(OC)c(S(=O)(=O)N[C@H]2CCN[C@@H](C)C2)c(OC)c1. The van der Waals surface area contributed by atoms with Crippen molar-refractivity contribution in [1.82, 2.24) is 10.0 Å². The van der Waals surface area contributed by atoms with Gasteiger partial charge in [-0.05, 0) is 26.3 Å². The van der Waals surface area contributed by atoms with E-state index in [-0.39, 0.29) is 28.5 Å². The fraction of sp³-hybridized carbons (Fsp3) is 0.600. The van der Waals surface area contributed by atoms with E-state index in [2.05, 4.69) is 10.0 Å². The van der Waals surface area contributed by atoms with Gasteiger partial charge in [0.1, 0.15) is 17.2 Å². The summed E-state index contributed by atoms with van der Waals surface area (Å²) in [6.07, 6.45) is 1.48. The van der Waals surface area contributed by atoms with E-state index in [1.54, 1.807) is 0 Å². The molecular formula is C15H24N2O5S. The van der Waals surface area contributed by atoms with Gasteiger partial charge < -0.3 is 19.5 Å². The molecule has 1 aliphatic rings. The highest BCUT2D eigenvalue weighted by Crippen LogP contribution is 2.37. The van der Waals surface area contributed by atoms with E-state index in [4.69, 9.17) is 14.2 Å². The quantitative estimate of drug-likeness (QED) is 0.805. The Morgan fingerprint density at radius 2 is 1.74 bits per heavy atom. The van der Waals surface area contributed by atoms with Gasteiger partial charge in [0.2, 0.25) is 10.0 Å². The molecule has 0 aliphatic carbocycles. The maximum absolute atomic E-state index is 12.8. The van der Waals surface area contributed by atoms with Crippen LogP contribution in [0.2, 0.25) is 0 Å². The number of ether oxygens (including phenoxy) is 3. The summed E-state index contributed by atoms with van der Waals surface area (Å²) in [6, 6.07) is 3.22. The lowest BCUT2D eigenvalue weighted by atomic mass is 10.0. The van der Waals surface area contributed by atoms with Crippen molar-refractivity contribution < 1.29 is 22.6 Å². The zero-order valence-corrected chi connectivity index (χ0v) is 14.7. The van der Waals surface area contributed by atoms with Crippen molar-refractivity contribution in [3.05, 3.63) is 12.1 Å². The Hall–Kier alpha value is -1.51. The minimum atomic E-state index is -3.78. The predicted octanol–water partition coefficient (Wildman–Crippen LogP) is 1.13. The largest absolute Gasteiger partial charge is 0.496 e. The molecule has 0 saturated carbocycles.